The van der Waals surface area contributed by atoms with Crippen LogP contribution in [0.3, 0.4) is 0 Å². The van der Waals surface area contributed by atoms with Crippen molar-refractivity contribution in [3.8, 4) is 0 Å². The zero-order chi connectivity index (χ0) is 20.2. The Morgan fingerprint density at radius 1 is 1.21 bits per heavy atom. The van der Waals surface area contributed by atoms with E-state index in [0.29, 0.717) is 11.3 Å². The fraction of sp³-hybridized carbons (Fsp3) is 0.905. The Kier molecular flexibility index (Phi) is 8.87. The molecule has 0 saturated carbocycles. The van der Waals surface area contributed by atoms with E-state index in [1.807, 2.05) is 25.7 Å². The second-order valence-corrected chi connectivity index (χ2v) is 9.58. The summed E-state index contributed by atoms with van der Waals surface area (Å²) in [5.74, 6) is 1.57. The van der Waals surface area contributed by atoms with Crippen LogP contribution in [0.2, 0.25) is 0 Å². The van der Waals surface area contributed by atoms with Crippen molar-refractivity contribution < 1.29 is 14.3 Å². The first-order valence-electron chi connectivity index (χ1n) is 10.9. The van der Waals surface area contributed by atoms with Crippen molar-refractivity contribution in [3.63, 3.8) is 0 Å². The summed E-state index contributed by atoms with van der Waals surface area (Å²) < 4.78 is 11.1. The molecule has 3 fully saturated rings. The topological polar surface area (TPSA) is 66.4 Å². The molecule has 0 aromatic carbocycles. The zero-order valence-corrected chi connectivity index (χ0v) is 20.9. The van der Waals surface area contributed by atoms with Crippen LogP contribution in [0, 0.1) is 11.3 Å². The molecule has 1 spiro atoms. The molecule has 0 aliphatic carbocycles. The van der Waals surface area contributed by atoms with Crippen molar-refractivity contribution >= 4 is 36.0 Å². The Morgan fingerprint density at radius 2 is 1.93 bits per heavy atom. The molecule has 8 heteroatoms. The van der Waals surface area contributed by atoms with Crippen LogP contribution in [-0.2, 0) is 9.47 Å². The molecule has 29 heavy (non-hydrogen) atoms. The molecule has 3 aliphatic rings. The van der Waals surface area contributed by atoms with E-state index in [-0.39, 0.29) is 30.1 Å². The van der Waals surface area contributed by atoms with Gasteiger partial charge in [0.15, 0.2) is 5.96 Å². The van der Waals surface area contributed by atoms with Gasteiger partial charge in [-0.15, -0.1) is 24.0 Å². The Balaban J connectivity index is 0.00000300. The Hall–Kier alpha value is -0.770. The Labute approximate surface area is 193 Å². The molecule has 0 aromatic rings. The summed E-state index contributed by atoms with van der Waals surface area (Å²) >= 11 is 0. The number of carbonyl (C=O) groups is 1. The maximum Gasteiger partial charge on any atom is 0.410 e. The first kappa shape index (κ1) is 24.5. The minimum atomic E-state index is -0.434. The minimum Gasteiger partial charge on any atom is -0.444 e. The van der Waals surface area contributed by atoms with Crippen LogP contribution in [-0.4, -0.2) is 79.9 Å². The van der Waals surface area contributed by atoms with Crippen LogP contribution >= 0.6 is 24.0 Å². The van der Waals surface area contributed by atoms with Crippen molar-refractivity contribution in [2.24, 2.45) is 16.3 Å². The maximum atomic E-state index is 12.2. The van der Waals surface area contributed by atoms with Crippen molar-refractivity contribution in [2.75, 3.05) is 52.5 Å². The number of carbonyl (C=O) groups excluding carboxylic acids is 1. The van der Waals surface area contributed by atoms with E-state index in [0.717, 1.165) is 71.3 Å². The molecular formula is C21H39IN4O3. The third-order valence-electron chi connectivity index (χ3n) is 6.02. The van der Waals surface area contributed by atoms with Gasteiger partial charge >= 0.3 is 6.09 Å². The fourth-order valence-electron chi connectivity index (χ4n) is 4.35. The van der Waals surface area contributed by atoms with Crippen LogP contribution in [0.15, 0.2) is 4.99 Å². The van der Waals surface area contributed by atoms with E-state index < -0.39 is 5.60 Å². The van der Waals surface area contributed by atoms with Crippen LogP contribution in [0.4, 0.5) is 4.79 Å². The van der Waals surface area contributed by atoms with Gasteiger partial charge in [-0.1, -0.05) is 0 Å². The number of ether oxygens (including phenoxy) is 2. The lowest BCUT2D eigenvalue weighted by Crippen LogP contribution is -2.43. The summed E-state index contributed by atoms with van der Waals surface area (Å²) in [5.41, 5.74) is -0.0919. The van der Waals surface area contributed by atoms with Crippen LogP contribution in [0.25, 0.3) is 0 Å². The number of likely N-dealkylation sites (tertiary alicyclic amines) is 2. The molecular weight excluding hydrogens is 483 g/mol. The number of guanidine groups is 1. The second kappa shape index (κ2) is 10.5. The molecule has 1 N–H and O–H groups in total. The van der Waals surface area contributed by atoms with Crippen molar-refractivity contribution in [2.45, 2.75) is 59.0 Å². The SMILES string of the molecule is CCNC(=NCC1CCN(C(=O)OC(C)(C)C)CC1)N1CCC2(CCOC2)C1.I. The van der Waals surface area contributed by atoms with Crippen LogP contribution in [0.5, 0.6) is 0 Å². The fourth-order valence-corrected chi connectivity index (χ4v) is 4.35. The summed E-state index contributed by atoms with van der Waals surface area (Å²) in [6.45, 7) is 15.0. The molecule has 3 saturated heterocycles. The van der Waals surface area contributed by atoms with Crippen molar-refractivity contribution in [1.82, 2.24) is 15.1 Å². The predicted octanol–water partition coefficient (Wildman–Crippen LogP) is 3.33. The number of nitrogens with zero attached hydrogens (tertiary/aromatic N) is 3. The van der Waals surface area contributed by atoms with E-state index in [9.17, 15) is 4.79 Å². The van der Waals surface area contributed by atoms with Gasteiger partial charge in [0.2, 0.25) is 0 Å². The van der Waals surface area contributed by atoms with E-state index in [4.69, 9.17) is 14.5 Å². The summed E-state index contributed by atoms with van der Waals surface area (Å²) in [4.78, 5) is 21.4. The highest BCUT2D eigenvalue weighted by Gasteiger charge is 2.42. The molecule has 1 atom stereocenters. The number of nitrogens with one attached hydrogen (secondary N) is 1. The molecule has 168 valence electrons. The lowest BCUT2D eigenvalue weighted by atomic mass is 9.87. The Bertz CT molecular complexity index is 565. The van der Waals surface area contributed by atoms with Crippen molar-refractivity contribution in [1.29, 1.82) is 0 Å². The second-order valence-electron chi connectivity index (χ2n) is 9.58. The van der Waals surface area contributed by atoms with Crippen LogP contribution < -0.4 is 5.32 Å². The molecule has 0 aromatic heterocycles. The highest BCUT2D eigenvalue weighted by molar-refractivity contribution is 14.0. The first-order chi connectivity index (χ1) is 13.3. The molecule has 1 amide bonds. The van der Waals surface area contributed by atoms with Gasteiger partial charge in [0.05, 0.1) is 6.61 Å². The van der Waals surface area contributed by atoms with Gasteiger partial charge in [0.25, 0.3) is 0 Å². The van der Waals surface area contributed by atoms with E-state index in [1.54, 1.807) is 0 Å². The standard InChI is InChI=1S/C21H38N4O3.HI/c1-5-22-18(25-12-8-21(15-25)9-13-27-16-21)23-14-17-6-10-24(11-7-17)19(26)28-20(2,3)4;/h17H,5-16H2,1-4H3,(H,22,23);1H. The third kappa shape index (κ3) is 6.87. The summed E-state index contributed by atoms with van der Waals surface area (Å²) in [7, 11) is 0. The molecule has 7 nitrogen and oxygen atoms in total. The van der Waals surface area contributed by atoms with E-state index in [1.165, 1.54) is 12.8 Å². The number of hydrogen-bond donors (Lipinski definition) is 1. The molecule has 0 radical (unpaired) electrons. The highest BCUT2D eigenvalue weighted by Crippen LogP contribution is 2.38. The smallest absolute Gasteiger partial charge is 0.410 e. The number of rotatable bonds is 3. The number of aliphatic imine (C=N–C) groups is 1. The van der Waals surface area contributed by atoms with Gasteiger partial charge < -0.3 is 24.6 Å². The highest BCUT2D eigenvalue weighted by atomic mass is 127. The number of amides is 1. The van der Waals surface area contributed by atoms with E-state index >= 15 is 0 Å². The summed E-state index contributed by atoms with van der Waals surface area (Å²) in [6.07, 6.45) is 4.15. The molecule has 3 rings (SSSR count). The maximum absolute atomic E-state index is 12.2. The number of halogens is 1. The van der Waals surface area contributed by atoms with Crippen LogP contribution in [0.1, 0.15) is 53.4 Å². The quantitative estimate of drug-likeness (QED) is 0.350. The number of hydrogen-bond acceptors (Lipinski definition) is 4. The molecule has 0 bridgehead atoms. The van der Waals surface area contributed by atoms with E-state index in [2.05, 4.69) is 17.1 Å². The summed E-state index contributed by atoms with van der Waals surface area (Å²) in [5, 5.41) is 3.47. The molecule has 3 heterocycles. The third-order valence-corrected chi connectivity index (χ3v) is 6.02. The lowest BCUT2D eigenvalue weighted by Gasteiger charge is -2.33. The minimum absolute atomic E-state index is 0. The largest absolute Gasteiger partial charge is 0.444 e. The van der Waals surface area contributed by atoms with Gasteiger partial charge in [-0.05, 0) is 59.3 Å². The van der Waals surface area contributed by atoms with Gasteiger partial charge in [-0.3, -0.25) is 4.99 Å². The van der Waals surface area contributed by atoms with Gasteiger partial charge in [0.1, 0.15) is 5.60 Å². The van der Waals surface area contributed by atoms with Gasteiger partial charge in [-0.25, -0.2) is 4.79 Å². The average molecular weight is 522 g/mol. The summed E-state index contributed by atoms with van der Waals surface area (Å²) in [6, 6.07) is 0. The number of piperidine rings is 1. The van der Waals surface area contributed by atoms with Crippen molar-refractivity contribution in [3.05, 3.63) is 0 Å². The first-order valence-corrected chi connectivity index (χ1v) is 10.9. The Morgan fingerprint density at radius 3 is 2.52 bits per heavy atom. The van der Waals surface area contributed by atoms with Gasteiger partial charge in [-0.2, -0.15) is 0 Å². The lowest BCUT2D eigenvalue weighted by molar-refractivity contribution is 0.0187. The van der Waals surface area contributed by atoms with Gasteiger partial charge in [0, 0.05) is 51.3 Å². The zero-order valence-electron chi connectivity index (χ0n) is 18.5. The molecule has 1 unspecified atom stereocenters. The normalized spacial score (nSPS) is 26.0. The monoisotopic (exact) mass is 522 g/mol. The average Bonchev–Trinajstić information content (AvgIpc) is 3.28. The molecule has 3 aliphatic heterocycles. The predicted molar refractivity (Wildman–Crippen MR) is 126 cm³/mol.